The normalized spacial score (nSPS) is 9.67. The molecule has 3 aromatic rings. The fourth-order valence-corrected chi connectivity index (χ4v) is 2.30. The second kappa shape index (κ2) is 9.69. The molecule has 0 N–H and O–H groups in total. The molecule has 0 spiro atoms. The molecule has 0 fully saturated rings. The van der Waals surface area contributed by atoms with Crippen LogP contribution in [0.4, 0.5) is 0 Å². The van der Waals surface area contributed by atoms with Crippen molar-refractivity contribution in [3.8, 4) is 0 Å². The molecule has 119 valence electrons. The van der Waals surface area contributed by atoms with Gasteiger partial charge in [0.25, 0.3) is 5.56 Å². The SMILES string of the molecule is O=c1c[c]n(Cc2ccccc2)c(=O)n1Cc1ccccc1.[I-].[Zn]. The Kier molecular flexibility index (Phi) is 8.29. The van der Waals surface area contributed by atoms with Crippen LogP contribution in [0.1, 0.15) is 11.1 Å². The number of aromatic nitrogens is 2. The largest absolute Gasteiger partial charge is 1.00 e. The van der Waals surface area contributed by atoms with Gasteiger partial charge in [-0.05, 0) is 11.1 Å². The molecule has 3 rings (SSSR count). The van der Waals surface area contributed by atoms with E-state index in [0.29, 0.717) is 6.54 Å². The molecule has 0 unspecified atom stereocenters. The van der Waals surface area contributed by atoms with Crippen LogP contribution in [-0.4, -0.2) is 9.13 Å². The van der Waals surface area contributed by atoms with Crippen LogP contribution in [0.25, 0.3) is 0 Å². The smallest absolute Gasteiger partial charge is 0.332 e. The minimum Gasteiger partial charge on any atom is -1.00 e. The Morgan fingerprint density at radius 2 is 1.29 bits per heavy atom. The van der Waals surface area contributed by atoms with E-state index in [-0.39, 0.29) is 61.2 Å². The van der Waals surface area contributed by atoms with E-state index in [4.69, 9.17) is 0 Å². The van der Waals surface area contributed by atoms with Crippen LogP contribution >= 0.6 is 0 Å². The third-order valence-electron chi connectivity index (χ3n) is 3.44. The standard InChI is InChI=1S/C18H15N2O2.HI.Zn/c21-17-11-12-19(13-15-7-3-1-4-8-15)18(22)20(17)14-16-9-5-2-6-10-16;;/h1-11H,13-14H2;1H;/p-1. The second-order valence-electron chi connectivity index (χ2n) is 5.04. The molecule has 0 atom stereocenters. The molecule has 1 aromatic heterocycles. The van der Waals surface area contributed by atoms with Gasteiger partial charge in [-0.15, -0.1) is 0 Å². The summed E-state index contributed by atoms with van der Waals surface area (Å²) in [5.41, 5.74) is 1.23. The van der Waals surface area contributed by atoms with Crippen LogP contribution in [-0.2, 0) is 32.6 Å². The van der Waals surface area contributed by atoms with Gasteiger partial charge in [0.15, 0.2) is 0 Å². The van der Waals surface area contributed by atoms with Crippen molar-refractivity contribution in [1.29, 1.82) is 0 Å². The summed E-state index contributed by atoms with van der Waals surface area (Å²) in [5.74, 6) is 0. The van der Waals surface area contributed by atoms with E-state index in [0.717, 1.165) is 11.1 Å². The number of halogens is 1. The molecule has 0 saturated carbocycles. The van der Waals surface area contributed by atoms with Gasteiger partial charge in [0, 0.05) is 25.5 Å². The van der Waals surface area contributed by atoms with Gasteiger partial charge in [-0.3, -0.25) is 13.9 Å². The van der Waals surface area contributed by atoms with Crippen molar-refractivity contribution < 1.29 is 43.5 Å². The summed E-state index contributed by atoms with van der Waals surface area (Å²) in [6.45, 7) is 0.663. The van der Waals surface area contributed by atoms with Crippen molar-refractivity contribution >= 4 is 0 Å². The van der Waals surface area contributed by atoms with Gasteiger partial charge in [0.2, 0.25) is 0 Å². The Balaban J connectivity index is 0.00000144. The molecular formula is C18H15IN2O2Zn-. The Labute approximate surface area is 169 Å². The van der Waals surface area contributed by atoms with Gasteiger partial charge >= 0.3 is 5.69 Å². The summed E-state index contributed by atoms with van der Waals surface area (Å²) in [5, 5.41) is 0. The van der Waals surface area contributed by atoms with Gasteiger partial charge in [-0.2, -0.15) is 0 Å². The molecule has 1 radical (unpaired) electrons. The van der Waals surface area contributed by atoms with E-state index in [1.54, 1.807) is 0 Å². The van der Waals surface area contributed by atoms with E-state index in [1.807, 2.05) is 60.7 Å². The molecule has 0 aliphatic rings. The minimum absolute atomic E-state index is 0. The maximum Gasteiger partial charge on any atom is 0.332 e. The maximum absolute atomic E-state index is 12.5. The van der Waals surface area contributed by atoms with E-state index >= 15 is 0 Å². The summed E-state index contributed by atoms with van der Waals surface area (Å²) < 4.78 is 2.66. The monoisotopic (exact) mass is 482 g/mol. The van der Waals surface area contributed by atoms with Gasteiger partial charge in [0.05, 0.1) is 19.3 Å². The van der Waals surface area contributed by atoms with Crippen LogP contribution in [0.2, 0.25) is 0 Å². The average Bonchev–Trinajstić information content (AvgIpc) is 2.56. The quantitative estimate of drug-likeness (QED) is 0.350. The Hall–Kier alpha value is -1.53. The molecule has 0 aliphatic carbocycles. The first kappa shape index (κ1) is 20.5. The van der Waals surface area contributed by atoms with Gasteiger partial charge in [-0.1, -0.05) is 60.7 Å². The third-order valence-corrected chi connectivity index (χ3v) is 3.44. The molecule has 6 heteroatoms. The third kappa shape index (κ3) is 4.98. The zero-order chi connectivity index (χ0) is 15.4. The van der Waals surface area contributed by atoms with Gasteiger partial charge < -0.3 is 24.0 Å². The molecule has 24 heavy (non-hydrogen) atoms. The summed E-state index contributed by atoms with van der Waals surface area (Å²) in [6, 6.07) is 20.4. The van der Waals surface area contributed by atoms with Crippen molar-refractivity contribution in [2.45, 2.75) is 13.1 Å². The number of hydrogen-bond acceptors (Lipinski definition) is 2. The van der Waals surface area contributed by atoms with Crippen molar-refractivity contribution in [2.24, 2.45) is 0 Å². The van der Waals surface area contributed by atoms with Crippen LogP contribution in [0.5, 0.6) is 0 Å². The number of rotatable bonds is 4. The molecule has 0 aliphatic heterocycles. The summed E-state index contributed by atoms with van der Waals surface area (Å²) >= 11 is 0. The van der Waals surface area contributed by atoms with Gasteiger partial charge in [0.1, 0.15) is 0 Å². The first-order valence-electron chi connectivity index (χ1n) is 7.04. The van der Waals surface area contributed by atoms with Crippen LogP contribution in [0, 0.1) is 6.20 Å². The molecule has 0 amide bonds. The number of nitrogens with zero attached hydrogens (tertiary/aromatic N) is 2. The summed E-state index contributed by atoms with van der Waals surface area (Å²) in [6.07, 6.45) is 2.75. The topological polar surface area (TPSA) is 44.0 Å². The fraction of sp³-hybridized carbons (Fsp3) is 0.111. The van der Waals surface area contributed by atoms with E-state index < -0.39 is 0 Å². The Bertz CT molecular complexity index is 877. The van der Waals surface area contributed by atoms with Crippen LogP contribution < -0.4 is 35.2 Å². The Morgan fingerprint density at radius 1 is 0.792 bits per heavy atom. The van der Waals surface area contributed by atoms with Crippen LogP contribution in [0.15, 0.2) is 76.3 Å². The Morgan fingerprint density at radius 3 is 1.83 bits per heavy atom. The zero-order valence-corrected chi connectivity index (χ0v) is 18.2. The molecule has 0 bridgehead atoms. The zero-order valence-electron chi connectivity index (χ0n) is 13.1. The molecule has 2 aromatic carbocycles. The van der Waals surface area contributed by atoms with E-state index in [1.165, 1.54) is 15.2 Å². The van der Waals surface area contributed by atoms with Crippen molar-refractivity contribution in [3.05, 3.63) is 105 Å². The van der Waals surface area contributed by atoms with Crippen molar-refractivity contribution in [2.75, 3.05) is 0 Å². The maximum atomic E-state index is 12.5. The van der Waals surface area contributed by atoms with E-state index in [2.05, 4.69) is 6.20 Å². The second-order valence-corrected chi connectivity index (χ2v) is 5.04. The molecule has 4 nitrogen and oxygen atoms in total. The van der Waals surface area contributed by atoms with Crippen LogP contribution in [0.3, 0.4) is 0 Å². The predicted octanol–water partition coefficient (Wildman–Crippen LogP) is -1.09. The predicted molar refractivity (Wildman–Crippen MR) is 84.9 cm³/mol. The molecular weight excluding hydrogens is 469 g/mol. The fourth-order valence-electron chi connectivity index (χ4n) is 2.30. The average molecular weight is 484 g/mol. The minimum atomic E-state index is -0.347. The first-order valence-corrected chi connectivity index (χ1v) is 7.04. The molecule has 1 heterocycles. The molecule has 0 saturated heterocycles. The number of hydrogen-bond donors (Lipinski definition) is 0. The van der Waals surface area contributed by atoms with E-state index in [9.17, 15) is 9.59 Å². The van der Waals surface area contributed by atoms with Crippen molar-refractivity contribution in [3.63, 3.8) is 0 Å². The summed E-state index contributed by atoms with van der Waals surface area (Å²) in [4.78, 5) is 24.5. The number of benzene rings is 2. The summed E-state index contributed by atoms with van der Waals surface area (Å²) in [7, 11) is 0. The first-order chi connectivity index (χ1) is 10.7. The van der Waals surface area contributed by atoms with Gasteiger partial charge in [-0.25, -0.2) is 4.79 Å². The van der Waals surface area contributed by atoms with Crippen molar-refractivity contribution in [1.82, 2.24) is 9.13 Å².